The van der Waals surface area contributed by atoms with E-state index in [2.05, 4.69) is 54.5 Å². The first kappa shape index (κ1) is 25.2. The maximum atomic E-state index is 4.67. The quantitative estimate of drug-likeness (QED) is 0.341. The number of likely N-dealkylation sites (tertiary alicyclic amines) is 2. The predicted octanol–water partition coefficient (Wildman–Crippen LogP) is 3.01. The molecule has 4 heterocycles. The summed E-state index contributed by atoms with van der Waals surface area (Å²) < 4.78 is 0. The van der Waals surface area contributed by atoms with Crippen molar-refractivity contribution in [1.82, 2.24) is 24.9 Å². The van der Waals surface area contributed by atoms with Crippen LogP contribution in [-0.2, 0) is 6.54 Å². The summed E-state index contributed by atoms with van der Waals surface area (Å²) in [4.78, 5) is 16.5. The van der Waals surface area contributed by atoms with E-state index in [1.807, 2.05) is 18.4 Å². The highest BCUT2D eigenvalue weighted by atomic mass is 127. The van der Waals surface area contributed by atoms with Crippen LogP contribution in [0.4, 0.5) is 0 Å². The molecule has 6 nitrogen and oxygen atoms in total. The summed E-state index contributed by atoms with van der Waals surface area (Å²) >= 11 is 1.87. The van der Waals surface area contributed by atoms with E-state index in [1.165, 1.54) is 63.2 Å². The average Bonchev–Trinajstić information content (AvgIpc) is 3.30. The highest BCUT2D eigenvalue weighted by Gasteiger charge is 2.40. The number of nitrogens with one attached hydrogen (secondary N) is 1. The Morgan fingerprint density at radius 1 is 1.03 bits per heavy atom. The van der Waals surface area contributed by atoms with Gasteiger partial charge in [-0.3, -0.25) is 14.8 Å². The Hall–Kier alpha value is -0.420. The molecule has 31 heavy (non-hydrogen) atoms. The van der Waals surface area contributed by atoms with Crippen molar-refractivity contribution in [2.24, 2.45) is 4.99 Å². The van der Waals surface area contributed by atoms with Gasteiger partial charge in [0.2, 0.25) is 0 Å². The van der Waals surface area contributed by atoms with E-state index in [-0.39, 0.29) is 24.0 Å². The third-order valence-electron chi connectivity index (χ3n) is 7.36. The molecular weight excluding hydrogens is 519 g/mol. The lowest BCUT2D eigenvalue weighted by Gasteiger charge is -2.50. The van der Waals surface area contributed by atoms with Crippen molar-refractivity contribution in [3.8, 4) is 0 Å². The van der Waals surface area contributed by atoms with Crippen LogP contribution >= 0.6 is 35.3 Å². The molecule has 0 bridgehead atoms. The fourth-order valence-electron chi connectivity index (χ4n) is 5.32. The molecule has 8 heteroatoms. The van der Waals surface area contributed by atoms with E-state index in [0.29, 0.717) is 5.54 Å². The van der Waals surface area contributed by atoms with Gasteiger partial charge in [-0.1, -0.05) is 12.5 Å². The van der Waals surface area contributed by atoms with E-state index < -0.39 is 0 Å². The third kappa shape index (κ3) is 6.56. The lowest BCUT2D eigenvalue weighted by Crippen LogP contribution is -2.63. The topological polar surface area (TPSA) is 37.4 Å². The van der Waals surface area contributed by atoms with Crippen LogP contribution in [0.2, 0.25) is 0 Å². The number of hydrogen-bond donors (Lipinski definition) is 1. The Morgan fingerprint density at radius 3 is 2.35 bits per heavy atom. The van der Waals surface area contributed by atoms with Crippen LogP contribution in [0.15, 0.2) is 22.5 Å². The molecule has 3 aliphatic heterocycles. The van der Waals surface area contributed by atoms with Crippen molar-refractivity contribution in [1.29, 1.82) is 0 Å². The largest absolute Gasteiger partial charge is 0.354 e. The summed E-state index contributed by atoms with van der Waals surface area (Å²) in [6, 6.07) is 4.41. The third-order valence-corrected chi connectivity index (χ3v) is 8.22. The average molecular weight is 561 g/mol. The molecule has 0 amide bonds. The van der Waals surface area contributed by atoms with E-state index >= 15 is 0 Å². The number of nitrogens with zero attached hydrogens (tertiary/aromatic N) is 5. The van der Waals surface area contributed by atoms with Crippen LogP contribution in [-0.4, -0.2) is 104 Å². The minimum Gasteiger partial charge on any atom is -0.354 e. The van der Waals surface area contributed by atoms with Crippen LogP contribution in [0.3, 0.4) is 0 Å². The molecule has 0 aliphatic carbocycles. The molecule has 0 atom stereocenters. The molecule has 1 N–H and O–H groups in total. The van der Waals surface area contributed by atoms with Crippen LogP contribution < -0.4 is 5.32 Å². The maximum Gasteiger partial charge on any atom is 0.193 e. The molecule has 1 aromatic heterocycles. The normalized spacial score (nSPS) is 24.1. The van der Waals surface area contributed by atoms with Crippen LogP contribution in [0, 0.1) is 0 Å². The van der Waals surface area contributed by atoms with Gasteiger partial charge in [0.25, 0.3) is 0 Å². The van der Waals surface area contributed by atoms with Crippen LogP contribution in [0.5, 0.6) is 0 Å². The van der Waals surface area contributed by atoms with Gasteiger partial charge in [0.1, 0.15) is 0 Å². The number of halogens is 1. The Labute approximate surface area is 210 Å². The zero-order chi connectivity index (χ0) is 20.8. The van der Waals surface area contributed by atoms with Crippen LogP contribution in [0.1, 0.15) is 37.0 Å². The summed E-state index contributed by atoms with van der Waals surface area (Å²) in [5.41, 5.74) is 0.295. The van der Waals surface area contributed by atoms with Gasteiger partial charge in [-0.15, -0.1) is 35.3 Å². The smallest absolute Gasteiger partial charge is 0.193 e. The Balaban J connectivity index is 0.00000272. The van der Waals surface area contributed by atoms with Crippen molar-refractivity contribution in [3.05, 3.63) is 22.4 Å². The molecule has 176 valence electrons. The minimum absolute atomic E-state index is 0. The monoisotopic (exact) mass is 560 g/mol. The first-order valence-electron chi connectivity index (χ1n) is 11.8. The van der Waals surface area contributed by atoms with E-state index in [4.69, 9.17) is 0 Å². The molecule has 3 saturated heterocycles. The second-order valence-corrected chi connectivity index (χ2v) is 10.4. The van der Waals surface area contributed by atoms with Gasteiger partial charge < -0.3 is 15.1 Å². The van der Waals surface area contributed by atoms with Crippen molar-refractivity contribution < 1.29 is 0 Å². The van der Waals surface area contributed by atoms with Gasteiger partial charge in [0, 0.05) is 56.7 Å². The summed E-state index contributed by atoms with van der Waals surface area (Å²) in [7, 11) is 4.21. The van der Waals surface area contributed by atoms with Crippen LogP contribution in [0.25, 0.3) is 0 Å². The lowest BCUT2D eigenvalue weighted by atomic mass is 9.84. The predicted molar refractivity (Wildman–Crippen MR) is 143 cm³/mol. The fourth-order valence-corrected chi connectivity index (χ4v) is 6.07. The van der Waals surface area contributed by atoms with Gasteiger partial charge in [-0.2, -0.15) is 0 Å². The number of rotatable bonds is 5. The molecule has 0 aromatic carbocycles. The van der Waals surface area contributed by atoms with E-state index in [0.717, 1.165) is 45.2 Å². The standard InChI is InChI=1S/C23H40N6S.HI/c1-24-22(28-16-14-27(15-17-28)19-21-7-6-18-30-21)25-20-23(8-12-26(2)13-9-23)29-10-4-3-5-11-29;/h6-7,18H,3-5,8-17,19-20H2,1-2H3,(H,24,25);1H. The highest BCUT2D eigenvalue weighted by molar-refractivity contribution is 14.0. The van der Waals surface area contributed by atoms with Crippen molar-refractivity contribution in [2.45, 2.75) is 44.2 Å². The number of piperazine rings is 1. The zero-order valence-corrected chi connectivity index (χ0v) is 22.5. The number of piperidine rings is 2. The first-order chi connectivity index (χ1) is 14.7. The van der Waals surface area contributed by atoms with Gasteiger partial charge >= 0.3 is 0 Å². The SMILES string of the molecule is CN=C(NCC1(N2CCCCC2)CCN(C)CC1)N1CCN(Cc2cccs2)CC1.I. The summed E-state index contributed by atoms with van der Waals surface area (Å²) in [5.74, 6) is 1.10. The summed E-state index contributed by atoms with van der Waals surface area (Å²) in [5, 5.41) is 6.00. The Morgan fingerprint density at radius 2 is 1.74 bits per heavy atom. The number of guanidine groups is 1. The molecule has 0 saturated carbocycles. The van der Waals surface area contributed by atoms with E-state index in [9.17, 15) is 0 Å². The summed E-state index contributed by atoms with van der Waals surface area (Å²) in [6.07, 6.45) is 6.65. The Bertz CT molecular complexity index is 660. The fraction of sp³-hybridized carbons (Fsp3) is 0.783. The number of thiophene rings is 1. The second-order valence-electron chi connectivity index (χ2n) is 9.32. The summed E-state index contributed by atoms with van der Waals surface area (Å²) in [6.45, 7) is 11.4. The molecule has 3 fully saturated rings. The molecule has 0 spiro atoms. The Kier molecular flexibility index (Phi) is 9.89. The van der Waals surface area contributed by atoms with Crippen molar-refractivity contribution >= 4 is 41.3 Å². The van der Waals surface area contributed by atoms with Gasteiger partial charge in [0.05, 0.1) is 0 Å². The molecule has 0 unspecified atom stereocenters. The second kappa shape index (κ2) is 12.2. The number of aliphatic imine (C=N–C) groups is 1. The molecule has 0 radical (unpaired) electrons. The lowest BCUT2D eigenvalue weighted by molar-refractivity contribution is 0.0167. The molecule has 1 aromatic rings. The van der Waals surface area contributed by atoms with Gasteiger partial charge in [-0.05, 0) is 70.4 Å². The van der Waals surface area contributed by atoms with E-state index in [1.54, 1.807) is 0 Å². The van der Waals surface area contributed by atoms with Crippen molar-refractivity contribution in [2.75, 3.05) is 73.0 Å². The highest BCUT2D eigenvalue weighted by Crippen LogP contribution is 2.31. The number of hydrogen-bond acceptors (Lipinski definition) is 5. The maximum absolute atomic E-state index is 4.67. The minimum atomic E-state index is 0. The van der Waals surface area contributed by atoms with Crippen molar-refractivity contribution in [3.63, 3.8) is 0 Å². The first-order valence-corrected chi connectivity index (χ1v) is 12.7. The molecule has 3 aliphatic rings. The van der Waals surface area contributed by atoms with Gasteiger partial charge in [0.15, 0.2) is 5.96 Å². The molecule has 4 rings (SSSR count). The molecular formula is C23H41IN6S. The zero-order valence-electron chi connectivity index (χ0n) is 19.4. The van der Waals surface area contributed by atoms with Gasteiger partial charge in [-0.25, -0.2) is 0 Å².